The standard InChI is InChI=1S/C17H26N2O2/c1-11-10-21-12(2)9-19(11)16-7-5-13-4-6-14(20-3)8-15(13)17(16)18/h4,6,8,11-12,16-17H,5,7,9-10,18H2,1-3H3. The number of aryl methyl sites for hydroxylation is 1. The Labute approximate surface area is 127 Å². The van der Waals surface area contributed by atoms with Gasteiger partial charge in [-0.15, -0.1) is 0 Å². The third-order valence-electron chi connectivity index (χ3n) is 4.92. The summed E-state index contributed by atoms with van der Waals surface area (Å²) >= 11 is 0. The number of methoxy groups -OCH3 is 1. The lowest BCUT2D eigenvalue weighted by Crippen LogP contribution is -2.56. The van der Waals surface area contributed by atoms with Crippen molar-refractivity contribution < 1.29 is 9.47 Å². The lowest BCUT2D eigenvalue weighted by Gasteiger charge is -2.46. The molecule has 1 aromatic rings. The monoisotopic (exact) mass is 290 g/mol. The van der Waals surface area contributed by atoms with Crippen molar-refractivity contribution in [3.63, 3.8) is 0 Å². The summed E-state index contributed by atoms with van der Waals surface area (Å²) in [7, 11) is 1.71. The van der Waals surface area contributed by atoms with Crippen molar-refractivity contribution >= 4 is 0 Å². The van der Waals surface area contributed by atoms with E-state index in [2.05, 4.69) is 30.9 Å². The summed E-state index contributed by atoms with van der Waals surface area (Å²) in [5, 5.41) is 0. The number of hydrogen-bond acceptors (Lipinski definition) is 4. The zero-order valence-corrected chi connectivity index (χ0v) is 13.2. The van der Waals surface area contributed by atoms with Gasteiger partial charge in [-0.1, -0.05) is 6.07 Å². The maximum atomic E-state index is 6.61. The minimum absolute atomic E-state index is 0.0524. The zero-order chi connectivity index (χ0) is 15.0. The van der Waals surface area contributed by atoms with Gasteiger partial charge in [0.05, 0.1) is 19.8 Å². The molecule has 0 amide bonds. The Morgan fingerprint density at radius 2 is 2.14 bits per heavy atom. The second-order valence-corrected chi connectivity index (χ2v) is 6.39. The van der Waals surface area contributed by atoms with E-state index in [1.165, 1.54) is 11.1 Å². The minimum Gasteiger partial charge on any atom is -0.497 e. The molecular formula is C17H26N2O2. The van der Waals surface area contributed by atoms with Gasteiger partial charge in [0.25, 0.3) is 0 Å². The van der Waals surface area contributed by atoms with Crippen LogP contribution in [0.15, 0.2) is 18.2 Å². The third kappa shape index (κ3) is 2.80. The van der Waals surface area contributed by atoms with Crippen molar-refractivity contribution in [3.8, 4) is 5.75 Å². The molecule has 1 fully saturated rings. The van der Waals surface area contributed by atoms with Crippen LogP contribution in [-0.2, 0) is 11.2 Å². The fourth-order valence-corrected chi connectivity index (χ4v) is 3.69. The number of rotatable bonds is 2. The van der Waals surface area contributed by atoms with Gasteiger partial charge < -0.3 is 15.2 Å². The van der Waals surface area contributed by atoms with E-state index < -0.39 is 0 Å². The van der Waals surface area contributed by atoms with Crippen molar-refractivity contribution in [2.24, 2.45) is 5.73 Å². The molecule has 0 aromatic heterocycles. The Morgan fingerprint density at radius 3 is 2.90 bits per heavy atom. The number of fused-ring (bicyclic) bond motifs is 1. The summed E-state index contributed by atoms with van der Waals surface area (Å²) in [6.07, 6.45) is 2.51. The Kier molecular flexibility index (Phi) is 4.20. The molecule has 1 heterocycles. The normalized spacial score (nSPS) is 33.5. The van der Waals surface area contributed by atoms with Crippen LogP contribution in [0.5, 0.6) is 5.75 Å². The molecule has 1 aliphatic carbocycles. The van der Waals surface area contributed by atoms with Crippen LogP contribution < -0.4 is 10.5 Å². The third-order valence-corrected chi connectivity index (χ3v) is 4.92. The van der Waals surface area contributed by atoms with Crippen LogP contribution in [0.4, 0.5) is 0 Å². The van der Waals surface area contributed by atoms with Gasteiger partial charge in [-0.05, 0) is 49.9 Å². The highest BCUT2D eigenvalue weighted by atomic mass is 16.5. The molecule has 4 nitrogen and oxygen atoms in total. The van der Waals surface area contributed by atoms with Crippen molar-refractivity contribution in [1.29, 1.82) is 0 Å². The van der Waals surface area contributed by atoms with Crippen molar-refractivity contribution in [2.75, 3.05) is 20.3 Å². The fourth-order valence-electron chi connectivity index (χ4n) is 3.69. The molecule has 116 valence electrons. The van der Waals surface area contributed by atoms with Crippen LogP contribution in [0.25, 0.3) is 0 Å². The van der Waals surface area contributed by atoms with Gasteiger partial charge in [-0.2, -0.15) is 0 Å². The fraction of sp³-hybridized carbons (Fsp3) is 0.647. The van der Waals surface area contributed by atoms with Gasteiger partial charge in [-0.3, -0.25) is 4.90 Å². The first-order valence-electron chi connectivity index (χ1n) is 7.90. The lowest BCUT2D eigenvalue weighted by molar-refractivity contribution is -0.0720. The predicted molar refractivity (Wildman–Crippen MR) is 83.6 cm³/mol. The van der Waals surface area contributed by atoms with Gasteiger partial charge in [-0.25, -0.2) is 0 Å². The van der Waals surface area contributed by atoms with E-state index >= 15 is 0 Å². The molecule has 4 atom stereocenters. The van der Waals surface area contributed by atoms with Crippen molar-refractivity contribution in [1.82, 2.24) is 4.90 Å². The molecule has 2 aliphatic rings. The Morgan fingerprint density at radius 1 is 1.33 bits per heavy atom. The quantitative estimate of drug-likeness (QED) is 0.906. The van der Waals surface area contributed by atoms with Crippen LogP contribution in [0.1, 0.15) is 37.4 Å². The van der Waals surface area contributed by atoms with Gasteiger partial charge >= 0.3 is 0 Å². The van der Waals surface area contributed by atoms with Gasteiger partial charge in [0.2, 0.25) is 0 Å². The molecule has 4 unspecified atom stereocenters. The number of benzene rings is 1. The van der Waals surface area contributed by atoms with Crippen molar-refractivity contribution in [2.45, 2.75) is 50.9 Å². The molecule has 0 spiro atoms. The summed E-state index contributed by atoms with van der Waals surface area (Å²) in [6, 6.07) is 7.19. The molecule has 0 radical (unpaired) electrons. The van der Waals surface area contributed by atoms with Crippen LogP contribution in [0, 0.1) is 0 Å². The van der Waals surface area contributed by atoms with Crippen LogP contribution in [0.3, 0.4) is 0 Å². The average Bonchev–Trinajstić information content (AvgIpc) is 2.50. The van der Waals surface area contributed by atoms with Crippen LogP contribution in [0.2, 0.25) is 0 Å². The van der Waals surface area contributed by atoms with E-state index in [1.54, 1.807) is 7.11 Å². The highest BCUT2D eigenvalue weighted by molar-refractivity contribution is 5.40. The van der Waals surface area contributed by atoms with Crippen LogP contribution in [-0.4, -0.2) is 43.3 Å². The van der Waals surface area contributed by atoms with E-state index in [1.807, 2.05) is 6.07 Å². The Balaban J connectivity index is 1.85. The van der Waals surface area contributed by atoms with E-state index in [9.17, 15) is 0 Å². The molecule has 1 aromatic carbocycles. The maximum absolute atomic E-state index is 6.61. The molecule has 1 saturated heterocycles. The lowest BCUT2D eigenvalue weighted by atomic mass is 9.83. The van der Waals surface area contributed by atoms with Gasteiger partial charge in [0.1, 0.15) is 5.75 Å². The SMILES string of the molecule is COc1ccc2c(c1)C(N)C(N1CC(C)OCC1C)CC2. The first-order chi connectivity index (χ1) is 10.1. The molecular weight excluding hydrogens is 264 g/mol. The zero-order valence-electron chi connectivity index (χ0n) is 13.2. The number of morpholine rings is 1. The largest absolute Gasteiger partial charge is 0.497 e. The summed E-state index contributed by atoms with van der Waals surface area (Å²) in [5.74, 6) is 0.897. The van der Waals surface area contributed by atoms with E-state index in [-0.39, 0.29) is 6.04 Å². The topological polar surface area (TPSA) is 47.7 Å². The summed E-state index contributed by atoms with van der Waals surface area (Å²) in [5.41, 5.74) is 9.23. The first kappa shape index (κ1) is 14.8. The smallest absolute Gasteiger partial charge is 0.119 e. The number of hydrogen-bond donors (Lipinski definition) is 1. The summed E-state index contributed by atoms with van der Waals surface area (Å²) in [6.45, 7) is 6.15. The second kappa shape index (κ2) is 5.95. The number of nitrogens with zero attached hydrogens (tertiary/aromatic N) is 1. The average molecular weight is 290 g/mol. The van der Waals surface area contributed by atoms with E-state index in [0.717, 1.165) is 31.7 Å². The highest BCUT2D eigenvalue weighted by Crippen LogP contribution is 2.35. The van der Waals surface area contributed by atoms with Gasteiger partial charge in [0.15, 0.2) is 0 Å². The first-order valence-corrected chi connectivity index (χ1v) is 7.90. The molecule has 21 heavy (non-hydrogen) atoms. The Bertz CT molecular complexity index is 506. The van der Waals surface area contributed by atoms with Crippen molar-refractivity contribution in [3.05, 3.63) is 29.3 Å². The molecule has 3 rings (SSSR count). The molecule has 2 N–H and O–H groups in total. The number of ether oxygens (including phenoxy) is 2. The molecule has 4 heteroatoms. The molecule has 0 saturated carbocycles. The maximum Gasteiger partial charge on any atom is 0.119 e. The number of nitrogens with two attached hydrogens (primary N) is 1. The second-order valence-electron chi connectivity index (χ2n) is 6.39. The van der Waals surface area contributed by atoms with E-state index in [0.29, 0.717) is 18.2 Å². The Hall–Kier alpha value is -1.10. The predicted octanol–water partition coefficient (Wildman–Crippen LogP) is 2.12. The molecule has 1 aliphatic heterocycles. The summed E-state index contributed by atoms with van der Waals surface area (Å²) < 4.78 is 11.1. The minimum atomic E-state index is 0.0524. The molecule has 0 bridgehead atoms. The highest BCUT2D eigenvalue weighted by Gasteiger charge is 2.36. The van der Waals surface area contributed by atoms with Crippen LogP contribution >= 0.6 is 0 Å². The summed E-state index contributed by atoms with van der Waals surface area (Å²) in [4.78, 5) is 2.54. The van der Waals surface area contributed by atoms with E-state index in [4.69, 9.17) is 15.2 Å². The van der Waals surface area contributed by atoms with Gasteiger partial charge in [0, 0.05) is 24.7 Å².